The maximum Gasteiger partial charge on any atom is 0.336 e. The molecular weight excluding hydrogens is 470 g/mol. The molecule has 3 rings (SSSR count). The van der Waals surface area contributed by atoms with Gasteiger partial charge in [0.1, 0.15) is 24.0 Å². The predicted molar refractivity (Wildman–Crippen MR) is 133 cm³/mol. The van der Waals surface area contributed by atoms with Crippen LogP contribution in [0.1, 0.15) is 38.7 Å². The number of rotatable bonds is 9. The van der Waals surface area contributed by atoms with Gasteiger partial charge >= 0.3 is 11.9 Å². The van der Waals surface area contributed by atoms with Crippen molar-refractivity contribution in [1.29, 1.82) is 0 Å². The second kappa shape index (κ2) is 11.7. The lowest BCUT2D eigenvalue weighted by Crippen LogP contribution is -2.43. The molecule has 35 heavy (non-hydrogen) atoms. The van der Waals surface area contributed by atoms with Gasteiger partial charge in [0.25, 0.3) is 0 Å². The highest BCUT2D eigenvalue weighted by Crippen LogP contribution is 2.48. The van der Waals surface area contributed by atoms with Gasteiger partial charge in [0, 0.05) is 34.3 Å². The number of carbonyl (C=O) groups is 3. The molecule has 190 valence electrons. The van der Waals surface area contributed by atoms with Crippen molar-refractivity contribution < 1.29 is 33.3 Å². The van der Waals surface area contributed by atoms with E-state index in [1.807, 2.05) is 13.8 Å². The first-order valence-corrected chi connectivity index (χ1v) is 12.7. The van der Waals surface area contributed by atoms with Crippen LogP contribution in [0.5, 0.6) is 11.5 Å². The van der Waals surface area contributed by atoms with Gasteiger partial charge in [-0.05, 0) is 31.1 Å². The molecule has 0 radical (unpaired) electrons. The van der Waals surface area contributed by atoms with Crippen LogP contribution in [0, 0.1) is 11.8 Å². The lowest BCUT2D eigenvalue weighted by molar-refractivity contribution is -0.151. The average Bonchev–Trinajstić information content (AvgIpc) is 2.84. The highest BCUT2D eigenvalue weighted by atomic mass is 32.2. The van der Waals surface area contributed by atoms with Gasteiger partial charge in [-0.15, -0.1) is 0 Å². The molecule has 0 spiro atoms. The Kier molecular flexibility index (Phi) is 8.88. The van der Waals surface area contributed by atoms with Crippen molar-refractivity contribution in [2.24, 2.45) is 11.8 Å². The lowest BCUT2D eigenvalue weighted by Gasteiger charge is -2.38. The van der Waals surface area contributed by atoms with Crippen LogP contribution in [-0.4, -0.2) is 57.2 Å². The average molecular weight is 504 g/mol. The van der Waals surface area contributed by atoms with Crippen LogP contribution in [0.25, 0.3) is 0 Å². The number of esters is 2. The molecule has 9 heteroatoms. The van der Waals surface area contributed by atoms with Crippen molar-refractivity contribution in [3.63, 3.8) is 0 Å². The Morgan fingerprint density at radius 3 is 2.54 bits per heavy atom. The molecular formula is C26H33NO7S. The Labute approximate surface area is 210 Å². The quantitative estimate of drug-likeness (QED) is 0.308. The summed E-state index contributed by atoms with van der Waals surface area (Å²) in [6, 6.07) is 5.25. The molecule has 0 fully saturated rings. The van der Waals surface area contributed by atoms with E-state index >= 15 is 0 Å². The molecule has 1 aromatic carbocycles. The van der Waals surface area contributed by atoms with Crippen molar-refractivity contribution in [1.82, 2.24) is 5.32 Å². The number of nitrogens with one attached hydrogen (secondary N) is 1. The number of allylic oxidation sites excluding steroid dienone is 3. The highest BCUT2D eigenvalue weighted by Gasteiger charge is 2.47. The molecule has 0 saturated heterocycles. The van der Waals surface area contributed by atoms with Gasteiger partial charge in [-0.25, -0.2) is 4.79 Å². The second-order valence-corrected chi connectivity index (χ2v) is 9.87. The van der Waals surface area contributed by atoms with E-state index in [9.17, 15) is 14.4 Å². The van der Waals surface area contributed by atoms with Gasteiger partial charge in [-0.1, -0.05) is 19.9 Å². The number of Topliss-reactive ketones (excluding diaryl/α,β-unsaturated/α-hetero) is 1. The zero-order valence-electron chi connectivity index (χ0n) is 21.1. The Morgan fingerprint density at radius 2 is 1.91 bits per heavy atom. The van der Waals surface area contributed by atoms with Crippen LogP contribution in [0.15, 0.2) is 40.7 Å². The van der Waals surface area contributed by atoms with Crippen molar-refractivity contribution in [2.75, 3.05) is 39.4 Å². The summed E-state index contributed by atoms with van der Waals surface area (Å²) in [5.74, 6) is -0.807. The summed E-state index contributed by atoms with van der Waals surface area (Å²) < 4.78 is 21.5. The molecule has 1 heterocycles. The molecule has 0 saturated carbocycles. The van der Waals surface area contributed by atoms with Gasteiger partial charge in [0.05, 0.1) is 32.8 Å². The summed E-state index contributed by atoms with van der Waals surface area (Å²) in [4.78, 5) is 39.7. The van der Waals surface area contributed by atoms with E-state index < -0.39 is 23.8 Å². The number of carbonyl (C=O) groups excluding carboxylic acids is 3. The fraction of sp³-hybridized carbons (Fsp3) is 0.500. The molecule has 0 amide bonds. The summed E-state index contributed by atoms with van der Waals surface area (Å²) in [7, 11) is 4.34. The minimum Gasteiger partial charge on any atom is -0.497 e. The molecule has 3 atom stereocenters. The van der Waals surface area contributed by atoms with E-state index in [1.54, 1.807) is 44.0 Å². The van der Waals surface area contributed by atoms with Crippen molar-refractivity contribution >= 4 is 29.5 Å². The number of hydrogen-bond acceptors (Lipinski definition) is 9. The molecule has 8 nitrogen and oxygen atoms in total. The Balaban J connectivity index is 2.15. The summed E-state index contributed by atoms with van der Waals surface area (Å²) in [5, 5.41) is 3.26. The molecule has 0 aromatic heterocycles. The van der Waals surface area contributed by atoms with E-state index in [1.165, 1.54) is 14.2 Å². The molecule has 1 N–H and O–H groups in total. The van der Waals surface area contributed by atoms with Crippen molar-refractivity contribution in [2.45, 2.75) is 33.1 Å². The van der Waals surface area contributed by atoms with E-state index in [0.29, 0.717) is 51.8 Å². The van der Waals surface area contributed by atoms with E-state index in [0.717, 1.165) is 5.75 Å². The highest BCUT2D eigenvalue weighted by molar-refractivity contribution is 7.99. The smallest absolute Gasteiger partial charge is 0.336 e. The summed E-state index contributed by atoms with van der Waals surface area (Å²) in [6.45, 7) is 5.94. The minimum absolute atomic E-state index is 0.252. The number of thioether (sulfide) groups is 1. The summed E-state index contributed by atoms with van der Waals surface area (Å²) >= 11 is 1.67. The normalized spacial score (nSPS) is 21.8. The van der Waals surface area contributed by atoms with E-state index in [-0.39, 0.29) is 18.3 Å². The molecule has 1 aliphatic heterocycles. The van der Waals surface area contributed by atoms with E-state index in [2.05, 4.69) is 5.32 Å². The number of dihydropyridines is 1. The first-order chi connectivity index (χ1) is 16.8. The maximum atomic E-state index is 13.8. The third-order valence-corrected chi connectivity index (χ3v) is 7.24. The van der Waals surface area contributed by atoms with Crippen molar-refractivity contribution in [3.05, 3.63) is 46.3 Å². The van der Waals surface area contributed by atoms with Gasteiger partial charge in [0.15, 0.2) is 5.78 Å². The maximum absolute atomic E-state index is 13.8. The SMILES string of the molecule is CCSCCOC(=O)C1=C(C)NC2=C(C(=O)[C@@H](C(=O)OC)[C@@H](C)C2)[C@@H]1c1ccc(OC)cc1OC. The first kappa shape index (κ1) is 26.7. The van der Waals surface area contributed by atoms with Crippen LogP contribution in [0.4, 0.5) is 0 Å². The van der Waals surface area contributed by atoms with Crippen LogP contribution in [0.3, 0.4) is 0 Å². The van der Waals surface area contributed by atoms with Gasteiger partial charge in [-0.3, -0.25) is 9.59 Å². The monoisotopic (exact) mass is 503 g/mol. The van der Waals surface area contributed by atoms with Crippen LogP contribution < -0.4 is 14.8 Å². The standard InChI is InChI=1S/C26H33NO7S/c1-7-35-11-10-34-26(30)21-15(3)27-18-12-14(2)20(25(29)33-6)24(28)23(18)22(21)17-9-8-16(31-4)13-19(17)32-5/h8-9,13-14,20,22,27H,7,10-12H2,1-6H3/t14-,20-,22+/m0/s1. The van der Waals surface area contributed by atoms with E-state index in [4.69, 9.17) is 18.9 Å². The number of methoxy groups -OCH3 is 3. The topological polar surface area (TPSA) is 100 Å². The number of ether oxygens (including phenoxy) is 4. The zero-order chi connectivity index (χ0) is 25.7. The lowest BCUT2D eigenvalue weighted by atomic mass is 9.69. The van der Waals surface area contributed by atoms with Gasteiger partial charge in [0.2, 0.25) is 0 Å². The Morgan fingerprint density at radius 1 is 1.17 bits per heavy atom. The third-order valence-electron chi connectivity index (χ3n) is 6.38. The molecule has 0 unspecified atom stereocenters. The minimum atomic E-state index is -0.955. The van der Waals surface area contributed by atoms with Crippen LogP contribution in [-0.2, 0) is 23.9 Å². The van der Waals surface area contributed by atoms with Crippen LogP contribution >= 0.6 is 11.8 Å². The molecule has 1 aliphatic carbocycles. The first-order valence-electron chi connectivity index (χ1n) is 11.6. The Bertz CT molecular complexity index is 1060. The zero-order valence-corrected chi connectivity index (χ0v) is 21.9. The van der Waals surface area contributed by atoms with Crippen molar-refractivity contribution in [3.8, 4) is 11.5 Å². The molecule has 1 aromatic rings. The number of ketones is 1. The molecule has 2 aliphatic rings. The third kappa shape index (κ3) is 5.34. The number of hydrogen-bond donors (Lipinski definition) is 1. The van der Waals surface area contributed by atoms with Crippen LogP contribution in [0.2, 0.25) is 0 Å². The second-order valence-electron chi connectivity index (χ2n) is 8.48. The number of benzene rings is 1. The fourth-order valence-electron chi connectivity index (χ4n) is 4.73. The largest absolute Gasteiger partial charge is 0.497 e. The Hall–Kier alpha value is -2.94. The fourth-order valence-corrected chi connectivity index (χ4v) is 5.22. The molecule has 0 bridgehead atoms. The summed E-state index contributed by atoms with van der Waals surface area (Å²) in [6.07, 6.45) is 0.461. The van der Waals surface area contributed by atoms with Gasteiger partial charge < -0.3 is 24.3 Å². The summed E-state index contributed by atoms with van der Waals surface area (Å²) in [5.41, 5.74) is 2.60. The predicted octanol–water partition coefficient (Wildman–Crippen LogP) is 3.61. The van der Waals surface area contributed by atoms with Gasteiger partial charge in [-0.2, -0.15) is 11.8 Å².